The lowest BCUT2D eigenvalue weighted by Crippen LogP contribution is -2.56. The Bertz CT molecular complexity index is 1170. The zero-order valence-electron chi connectivity index (χ0n) is 20.0. The van der Waals surface area contributed by atoms with Gasteiger partial charge in [-0.3, -0.25) is 9.69 Å². The number of benzene rings is 2. The SMILES string of the molecule is CCOC(=O)CC[C@H]1C[C@@H]2C[C@H]3c4[nH]c5cccc(OCc6ccccc6)c5c4CCN(C2)[C@@H]13. The molecule has 4 heterocycles. The van der Waals surface area contributed by atoms with Gasteiger partial charge in [0, 0.05) is 48.1 Å². The van der Waals surface area contributed by atoms with Gasteiger partial charge in [-0.05, 0) is 67.7 Å². The molecule has 178 valence electrons. The van der Waals surface area contributed by atoms with Crippen LogP contribution in [0.25, 0.3) is 10.9 Å². The summed E-state index contributed by atoms with van der Waals surface area (Å²) in [6.07, 6.45) is 5.02. The van der Waals surface area contributed by atoms with Crippen LogP contribution in [-0.4, -0.2) is 41.6 Å². The molecule has 0 spiro atoms. The Hall–Kier alpha value is -2.79. The summed E-state index contributed by atoms with van der Waals surface area (Å²) < 4.78 is 11.6. The molecule has 0 radical (unpaired) electrons. The number of carbonyl (C=O) groups excluding carboxylic acids is 1. The smallest absolute Gasteiger partial charge is 0.305 e. The molecule has 7 rings (SSSR count). The van der Waals surface area contributed by atoms with Crippen LogP contribution in [0.2, 0.25) is 0 Å². The summed E-state index contributed by atoms with van der Waals surface area (Å²) in [6.45, 7) is 5.22. The van der Waals surface area contributed by atoms with Gasteiger partial charge in [-0.15, -0.1) is 0 Å². The van der Waals surface area contributed by atoms with Crippen molar-refractivity contribution in [3.05, 3.63) is 65.4 Å². The van der Waals surface area contributed by atoms with Crippen molar-refractivity contribution in [2.24, 2.45) is 11.8 Å². The van der Waals surface area contributed by atoms with Crippen molar-refractivity contribution in [3.8, 4) is 5.75 Å². The third-order valence-corrected chi connectivity index (χ3v) is 8.24. The molecule has 3 aliphatic heterocycles. The number of nitrogens with one attached hydrogen (secondary N) is 1. The molecule has 5 nitrogen and oxygen atoms in total. The number of esters is 1. The quantitative estimate of drug-likeness (QED) is 0.479. The summed E-state index contributed by atoms with van der Waals surface area (Å²) in [6, 6.07) is 17.3. The largest absolute Gasteiger partial charge is 0.488 e. The molecule has 1 unspecified atom stereocenters. The molecule has 1 N–H and O–H groups in total. The van der Waals surface area contributed by atoms with Crippen LogP contribution in [0.15, 0.2) is 48.5 Å². The summed E-state index contributed by atoms with van der Waals surface area (Å²) in [5.41, 5.74) is 5.24. The maximum atomic E-state index is 12.1. The normalized spacial score (nSPS) is 27.3. The Morgan fingerprint density at radius 3 is 2.85 bits per heavy atom. The van der Waals surface area contributed by atoms with E-state index in [0.717, 1.165) is 25.1 Å². The lowest BCUT2D eigenvalue weighted by molar-refractivity contribution is -0.144. The first-order valence-electron chi connectivity index (χ1n) is 12.9. The fourth-order valence-electron chi connectivity index (χ4n) is 6.99. The average molecular weight is 459 g/mol. The fourth-order valence-corrected chi connectivity index (χ4v) is 6.99. The van der Waals surface area contributed by atoms with Crippen LogP contribution in [0.5, 0.6) is 5.75 Å². The second-order valence-corrected chi connectivity index (χ2v) is 10.3. The molecule has 3 aromatic rings. The number of piperidine rings is 2. The highest BCUT2D eigenvalue weighted by atomic mass is 16.5. The fraction of sp³-hybridized carbons (Fsp3) is 0.483. The van der Waals surface area contributed by atoms with E-state index in [2.05, 4.69) is 52.3 Å². The van der Waals surface area contributed by atoms with Gasteiger partial charge >= 0.3 is 5.97 Å². The number of ether oxygens (including phenoxy) is 2. The predicted molar refractivity (Wildman–Crippen MR) is 133 cm³/mol. The number of hydrogen-bond acceptors (Lipinski definition) is 4. The molecule has 2 aromatic carbocycles. The second kappa shape index (κ2) is 9.10. The lowest BCUT2D eigenvalue weighted by Gasteiger charge is -2.53. The Kier molecular flexibility index (Phi) is 5.82. The molecular weight excluding hydrogens is 424 g/mol. The molecule has 1 aliphatic carbocycles. The Labute approximate surface area is 201 Å². The van der Waals surface area contributed by atoms with Gasteiger partial charge in [-0.1, -0.05) is 36.4 Å². The van der Waals surface area contributed by atoms with Crippen LogP contribution >= 0.6 is 0 Å². The van der Waals surface area contributed by atoms with Gasteiger partial charge in [0.05, 0.1) is 6.61 Å². The highest BCUT2D eigenvalue weighted by Gasteiger charge is 2.49. The van der Waals surface area contributed by atoms with E-state index < -0.39 is 0 Å². The molecule has 2 saturated heterocycles. The van der Waals surface area contributed by atoms with Crippen molar-refractivity contribution < 1.29 is 14.3 Å². The number of H-pyrrole nitrogens is 1. The summed E-state index contributed by atoms with van der Waals surface area (Å²) in [4.78, 5) is 18.6. The summed E-state index contributed by atoms with van der Waals surface area (Å²) in [7, 11) is 0. The van der Waals surface area contributed by atoms with E-state index >= 15 is 0 Å². The summed E-state index contributed by atoms with van der Waals surface area (Å²) in [5.74, 6) is 2.72. The van der Waals surface area contributed by atoms with Crippen molar-refractivity contribution in [3.63, 3.8) is 0 Å². The minimum Gasteiger partial charge on any atom is -0.488 e. The highest BCUT2D eigenvalue weighted by molar-refractivity contribution is 5.91. The molecule has 3 fully saturated rings. The molecule has 4 bridgehead atoms. The first kappa shape index (κ1) is 21.7. The van der Waals surface area contributed by atoms with E-state index in [0.29, 0.717) is 43.4 Å². The highest BCUT2D eigenvalue weighted by Crippen LogP contribution is 2.52. The van der Waals surface area contributed by atoms with E-state index in [1.165, 1.54) is 47.1 Å². The van der Waals surface area contributed by atoms with Gasteiger partial charge in [-0.25, -0.2) is 0 Å². The molecule has 0 amide bonds. The van der Waals surface area contributed by atoms with E-state index in [1.807, 2.05) is 13.0 Å². The number of fused-ring (bicyclic) bond motifs is 4. The Morgan fingerprint density at radius 1 is 1.12 bits per heavy atom. The van der Waals surface area contributed by atoms with E-state index in [1.54, 1.807) is 0 Å². The van der Waals surface area contributed by atoms with Crippen molar-refractivity contribution in [1.29, 1.82) is 0 Å². The number of hydrogen-bond donors (Lipinski definition) is 1. The van der Waals surface area contributed by atoms with Crippen LogP contribution in [0.1, 0.15) is 55.3 Å². The first-order valence-corrected chi connectivity index (χ1v) is 12.9. The van der Waals surface area contributed by atoms with Crippen LogP contribution < -0.4 is 4.74 Å². The standard InChI is InChI=1S/C29H34N2O3/c1-2-33-26(32)12-11-21-15-20-16-23-28-22(13-14-31(17-20)29(21)23)27-24(30-28)9-6-10-25(27)34-18-19-7-4-3-5-8-19/h3-10,20-21,23,29-30H,2,11-18H2,1H3/t20-,21+,23+,29+/m1/s1. The molecule has 4 aliphatic rings. The number of aromatic nitrogens is 1. The van der Waals surface area contributed by atoms with Crippen molar-refractivity contribution >= 4 is 16.9 Å². The summed E-state index contributed by atoms with van der Waals surface area (Å²) >= 11 is 0. The maximum absolute atomic E-state index is 12.1. The van der Waals surface area contributed by atoms with Gasteiger partial charge in [0.25, 0.3) is 0 Å². The molecule has 5 heteroatoms. The maximum Gasteiger partial charge on any atom is 0.305 e. The lowest BCUT2D eigenvalue weighted by atomic mass is 9.65. The average Bonchev–Trinajstić information content (AvgIpc) is 3.20. The predicted octanol–water partition coefficient (Wildman–Crippen LogP) is 5.44. The Morgan fingerprint density at radius 2 is 2.00 bits per heavy atom. The van der Waals surface area contributed by atoms with Crippen LogP contribution in [0, 0.1) is 11.8 Å². The second-order valence-electron chi connectivity index (χ2n) is 10.3. The Balaban J connectivity index is 1.30. The van der Waals surface area contributed by atoms with Gasteiger partial charge in [-0.2, -0.15) is 0 Å². The zero-order valence-corrected chi connectivity index (χ0v) is 20.0. The summed E-state index contributed by atoms with van der Waals surface area (Å²) in [5, 5.41) is 1.26. The zero-order chi connectivity index (χ0) is 23.1. The van der Waals surface area contributed by atoms with Crippen LogP contribution in [0.4, 0.5) is 0 Å². The van der Waals surface area contributed by atoms with E-state index in [-0.39, 0.29) is 5.97 Å². The minimum atomic E-state index is -0.0478. The van der Waals surface area contributed by atoms with Gasteiger partial charge in [0.2, 0.25) is 0 Å². The van der Waals surface area contributed by atoms with Crippen molar-refractivity contribution in [2.75, 3.05) is 19.7 Å². The van der Waals surface area contributed by atoms with Crippen molar-refractivity contribution in [2.45, 2.75) is 57.6 Å². The monoisotopic (exact) mass is 458 g/mol. The third kappa shape index (κ3) is 3.90. The number of carbonyl (C=O) groups is 1. The van der Waals surface area contributed by atoms with Crippen LogP contribution in [0.3, 0.4) is 0 Å². The molecular formula is C29H34N2O3. The van der Waals surface area contributed by atoms with E-state index in [9.17, 15) is 4.79 Å². The van der Waals surface area contributed by atoms with Crippen LogP contribution in [-0.2, 0) is 22.6 Å². The number of nitrogens with zero attached hydrogens (tertiary/aromatic N) is 1. The topological polar surface area (TPSA) is 54.6 Å². The number of rotatable bonds is 7. The minimum absolute atomic E-state index is 0.0478. The third-order valence-electron chi connectivity index (χ3n) is 8.24. The van der Waals surface area contributed by atoms with Gasteiger partial charge < -0.3 is 14.5 Å². The first-order chi connectivity index (χ1) is 16.7. The van der Waals surface area contributed by atoms with Gasteiger partial charge in [0.1, 0.15) is 12.4 Å². The molecule has 1 saturated carbocycles. The molecule has 34 heavy (non-hydrogen) atoms. The molecule has 5 atom stereocenters. The van der Waals surface area contributed by atoms with Crippen molar-refractivity contribution in [1.82, 2.24) is 9.88 Å². The van der Waals surface area contributed by atoms with E-state index in [4.69, 9.17) is 9.47 Å². The number of aromatic amines is 1. The molecule has 1 aromatic heterocycles. The van der Waals surface area contributed by atoms with Gasteiger partial charge in [0.15, 0.2) is 0 Å².